The van der Waals surface area contributed by atoms with Crippen LogP contribution in [-0.4, -0.2) is 49.4 Å². The van der Waals surface area contributed by atoms with Crippen molar-refractivity contribution in [3.63, 3.8) is 0 Å². The molecular formula is C21H33N5O2. The molecule has 1 aromatic carbocycles. The quantitative estimate of drug-likeness (QED) is 0.352. The van der Waals surface area contributed by atoms with Gasteiger partial charge in [0.1, 0.15) is 18.2 Å². The minimum absolute atomic E-state index is 0.538. The summed E-state index contributed by atoms with van der Waals surface area (Å²) in [6.45, 7) is 7.72. The molecular weight excluding hydrogens is 354 g/mol. The van der Waals surface area contributed by atoms with Gasteiger partial charge in [0.15, 0.2) is 5.96 Å². The number of ether oxygens (including phenoxy) is 2. The number of benzene rings is 1. The molecule has 1 heterocycles. The van der Waals surface area contributed by atoms with Gasteiger partial charge in [-0.05, 0) is 38.3 Å². The summed E-state index contributed by atoms with van der Waals surface area (Å²) < 4.78 is 13.1. The maximum absolute atomic E-state index is 5.85. The molecule has 0 fully saturated rings. The molecule has 154 valence electrons. The fourth-order valence-electron chi connectivity index (χ4n) is 2.83. The first kappa shape index (κ1) is 21.8. The Balaban J connectivity index is 1.74. The molecule has 0 unspecified atom stereocenters. The van der Waals surface area contributed by atoms with Crippen molar-refractivity contribution in [1.29, 1.82) is 0 Å². The summed E-state index contributed by atoms with van der Waals surface area (Å²) >= 11 is 0. The molecule has 7 nitrogen and oxygen atoms in total. The van der Waals surface area contributed by atoms with Gasteiger partial charge in [-0.2, -0.15) is 0 Å². The summed E-state index contributed by atoms with van der Waals surface area (Å²) in [6, 6.07) is 6.24. The van der Waals surface area contributed by atoms with E-state index in [0.29, 0.717) is 19.8 Å². The number of aryl methyl sites for hydroxylation is 3. The summed E-state index contributed by atoms with van der Waals surface area (Å²) in [6.07, 6.45) is 6.03. The number of nitrogens with one attached hydrogen (secondary N) is 2. The van der Waals surface area contributed by atoms with Crippen LogP contribution in [0.1, 0.15) is 29.8 Å². The Labute approximate surface area is 168 Å². The van der Waals surface area contributed by atoms with Gasteiger partial charge in [0.2, 0.25) is 0 Å². The third-order valence-electron chi connectivity index (χ3n) is 4.48. The first-order valence-corrected chi connectivity index (χ1v) is 9.77. The second kappa shape index (κ2) is 12.0. The van der Waals surface area contributed by atoms with Crippen LogP contribution < -0.4 is 15.4 Å². The highest BCUT2D eigenvalue weighted by atomic mass is 16.5. The number of unbranched alkanes of at least 4 members (excludes halogenated alkanes) is 1. The lowest BCUT2D eigenvalue weighted by Gasteiger charge is -2.15. The Morgan fingerprint density at radius 3 is 2.75 bits per heavy atom. The third-order valence-corrected chi connectivity index (χ3v) is 4.48. The molecule has 0 bridgehead atoms. The molecule has 0 amide bonds. The predicted octanol–water partition coefficient (Wildman–Crippen LogP) is 2.67. The van der Waals surface area contributed by atoms with E-state index in [-0.39, 0.29) is 0 Å². The van der Waals surface area contributed by atoms with Crippen LogP contribution in [0.25, 0.3) is 0 Å². The standard InChI is InChI=1S/C21H33N5O2/c1-17-7-8-19(20(15-17)28-14-13-27-4)16-25-21(22-3)24-9-5-6-11-26-12-10-23-18(26)2/h7-8,10,12,15H,5-6,9,11,13-14,16H2,1-4H3,(H2,22,24,25). The molecule has 0 aliphatic heterocycles. The van der Waals surface area contributed by atoms with Crippen molar-refractivity contribution in [3.8, 4) is 5.75 Å². The zero-order valence-electron chi connectivity index (χ0n) is 17.5. The maximum atomic E-state index is 5.85. The summed E-state index contributed by atoms with van der Waals surface area (Å²) in [5.74, 6) is 2.74. The first-order chi connectivity index (χ1) is 13.6. The number of hydrogen-bond acceptors (Lipinski definition) is 4. The summed E-state index contributed by atoms with van der Waals surface area (Å²) in [7, 11) is 3.46. The number of methoxy groups -OCH3 is 1. The Hall–Kier alpha value is -2.54. The molecule has 0 saturated carbocycles. The molecule has 0 radical (unpaired) electrons. The van der Waals surface area contributed by atoms with Gasteiger partial charge in [-0.15, -0.1) is 0 Å². The fraction of sp³-hybridized carbons (Fsp3) is 0.524. The lowest BCUT2D eigenvalue weighted by atomic mass is 10.1. The Kier molecular flexibility index (Phi) is 9.34. The van der Waals surface area contributed by atoms with Crippen molar-refractivity contribution < 1.29 is 9.47 Å². The van der Waals surface area contributed by atoms with Gasteiger partial charge in [0.05, 0.1) is 6.61 Å². The first-order valence-electron chi connectivity index (χ1n) is 9.77. The normalized spacial score (nSPS) is 11.5. The van der Waals surface area contributed by atoms with E-state index in [4.69, 9.17) is 9.47 Å². The molecule has 2 N–H and O–H groups in total. The van der Waals surface area contributed by atoms with Crippen LogP contribution in [0, 0.1) is 13.8 Å². The highest BCUT2D eigenvalue weighted by Crippen LogP contribution is 2.20. The van der Waals surface area contributed by atoms with E-state index in [0.717, 1.165) is 49.0 Å². The second-order valence-corrected chi connectivity index (χ2v) is 6.68. The van der Waals surface area contributed by atoms with Crippen molar-refractivity contribution >= 4 is 5.96 Å². The Morgan fingerprint density at radius 1 is 1.18 bits per heavy atom. The lowest BCUT2D eigenvalue weighted by Crippen LogP contribution is -2.37. The molecule has 1 aromatic heterocycles. The topological polar surface area (TPSA) is 72.7 Å². The second-order valence-electron chi connectivity index (χ2n) is 6.68. The SMILES string of the molecule is CN=C(NCCCCn1ccnc1C)NCc1ccc(C)cc1OCCOC. The van der Waals surface area contributed by atoms with Crippen molar-refractivity contribution in [2.45, 2.75) is 39.8 Å². The van der Waals surface area contributed by atoms with Crippen LogP contribution in [0.2, 0.25) is 0 Å². The molecule has 2 aromatic rings. The number of rotatable bonds is 11. The van der Waals surface area contributed by atoms with Crippen LogP contribution in [0.15, 0.2) is 35.6 Å². The maximum Gasteiger partial charge on any atom is 0.191 e. The van der Waals surface area contributed by atoms with Gasteiger partial charge >= 0.3 is 0 Å². The van der Waals surface area contributed by atoms with E-state index >= 15 is 0 Å². The number of aromatic nitrogens is 2. The smallest absolute Gasteiger partial charge is 0.191 e. The minimum atomic E-state index is 0.538. The lowest BCUT2D eigenvalue weighted by molar-refractivity contribution is 0.145. The number of hydrogen-bond donors (Lipinski definition) is 2. The van der Waals surface area contributed by atoms with Crippen LogP contribution >= 0.6 is 0 Å². The van der Waals surface area contributed by atoms with Gasteiger partial charge in [0.25, 0.3) is 0 Å². The number of imidazole rings is 1. The number of guanidine groups is 1. The van der Waals surface area contributed by atoms with E-state index in [9.17, 15) is 0 Å². The molecule has 0 aliphatic rings. The van der Waals surface area contributed by atoms with Gasteiger partial charge in [-0.1, -0.05) is 12.1 Å². The molecule has 0 saturated heterocycles. The van der Waals surface area contributed by atoms with E-state index in [2.05, 4.69) is 50.3 Å². The molecule has 28 heavy (non-hydrogen) atoms. The zero-order chi connectivity index (χ0) is 20.2. The highest BCUT2D eigenvalue weighted by molar-refractivity contribution is 5.79. The highest BCUT2D eigenvalue weighted by Gasteiger charge is 2.06. The van der Waals surface area contributed by atoms with Crippen LogP contribution in [0.3, 0.4) is 0 Å². The summed E-state index contributed by atoms with van der Waals surface area (Å²) in [4.78, 5) is 8.55. The van der Waals surface area contributed by atoms with E-state index in [1.165, 1.54) is 5.56 Å². The molecule has 0 aliphatic carbocycles. The number of aliphatic imine (C=N–C) groups is 1. The van der Waals surface area contributed by atoms with Crippen molar-refractivity contribution in [2.24, 2.45) is 4.99 Å². The van der Waals surface area contributed by atoms with Crippen molar-refractivity contribution in [2.75, 3.05) is 33.9 Å². The summed E-state index contributed by atoms with van der Waals surface area (Å²) in [5, 5.41) is 6.73. The summed E-state index contributed by atoms with van der Waals surface area (Å²) in [5.41, 5.74) is 2.27. The number of nitrogens with zero attached hydrogens (tertiary/aromatic N) is 3. The van der Waals surface area contributed by atoms with Crippen LogP contribution in [-0.2, 0) is 17.8 Å². The largest absolute Gasteiger partial charge is 0.491 e. The fourth-order valence-corrected chi connectivity index (χ4v) is 2.83. The predicted molar refractivity (Wildman–Crippen MR) is 113 cm³/mol. The van der Waals surface area contributed by atoms with Gasteiger partial charge in [0, 0.05) is 51.7 Å². The third kappa shape index (κ3) is 7.23. The van der Waals surface area contributed by atoms with E-state index in [1.54, 1.807) is 14.2 Å². The molecule has 7 heteroatoms. The van der Waals surface area contributed by atoms with Gasteiger partial charge in [-0.3, -0.25) is 4.99 Å². The Morgan fingerprint density at radius 2 is 2.04 bits per heavy atom. The zero-order valence-corrected chi connectivity index (χ0v) is 17.5. The van der Waals surface area contributed by atoms with E-state index in [1.807, 2.05) is 19.3 Å². The van der Waals surface area contributed by atoms with Crippen molar-refractivity contribution in [3.05, 3.63) is 47.5 Å². The molecule has 0 atom stereocenters. The average Bonchev–Trinajstić information content (AvgIpc) is 3.10. The monoisotopic (exact) mass is 387 g/mol. The average molecular weight is 388 g/mol. The Bertz CT molecular complexity index is 742. The van der Waals surface area contributed by atoms with Crippen LogP contribution in [0.4, 0.5) is 0 Å². The minimum Gasteiger partial charge on any atom is -0.491 e. The molecule has 0 spiro atoms. The van der Waals surface area contributed by atoms with Gasteiger partial charge in [-0.25, -0.2) is 4.98 Å². The van der Waals surface area contributed by atoms with Gasteiger partial charge < -0.3 is 24.7 Å². The van der Waals surface area contributed by atoms with E-state index < -0.39 is 0 Å². The van der Waals surface area contributed by atoms with Crippen LogP contribution in [0.5, 0.6) is 5.75 Å². The molecule has 2 rings (SSSR count). The van der Waals surface area contributed by atoms with Crippen molar-refractivity contribution in [1.82, 2.24) is 20.2 Å².